The molecule has 1 aliphatic rings. The lowest BCUT2D eigenvalue weighted by Crippen LogP contribution is -2.46. The smallest absolute Gasteiger partial charge is 0.204 e. The third kappa shape index (κ3) is 2.19. The van der Waals surface area contributed by atoms with E-state index < -0.39 is 6.47 Å². The second-order valence-corrected chi connectivity index (χ2v) is 10.2. The first-order chi connectivity index (χ1) is 5.69. The lowest BCUT2D eigenvalue weighted by Gasteiger charge is -2.29. The third-order valence-electron chi connectivity index (χ3n) is 1.40. The predicted molar refractivity (Wildman–Crippen MR) is 68.2 cm³/mol. The van der Waals surface area contributed by atoms with Gasteiger partial charge < -0.3 is 0 Å². The number of ketones is 2. The molecular formula is C6HBr5O2. The Morgan fingerprint density at radius 3 is 2.00 bits per heavy atom. The van der Waals surface area contributed by atoms with E-state index >= 15 is 0 Å². The minimum absolute atomic E-state index is 0.328. The standard InChI is InChI=1S/C6HBr5O2/c7-2-1-5(8,9)4(13)6(10,11)3(2)12/h1H. The number of alkyl halides is 4. The van der Waals surface area contributed by atoms with E-state index in [4.69, 9.17) is 0 Å². The summed E-state index contributed by atoms with van der Waals surface area (Å²) in [5.74, 6) is -0.708. The Kier molecular flexibility index (Phi) is 3.68. The molecule has 0 aromatic rings. The van der Waals surface area contributed by atoms with Crippen LogP contribution in [-0.4, -0.2) is 18.0 Å². The summed E-state index contributed by atoms with van der Waals surface area (Å²) in [6, 6.07) is 0. The fraction of sp³-hybridized carbons (Fsp3) is 0.333. The van der Waals surface area contributed by atoms with Crippen molar-refractivity contribution in [3.8, 4) is 0 Å². The van der Waals surface area contributed by atoms with Gasteiger partial charge in [0.2, 0.25) is 9.02 Å². The van der Waals surface area contributed by atoms with Gasteiger partial charge in [0.1, 0.15) is 0 Å². The predicted octanol–water partition coefficient (Wildman–Crippen LogP) is 3.39. The van der Waals surface area contributed by atoms with Crippen molar-refractivity contribution in [2.45, 2.75) is 6.47 Å². The van der Waals surface area contributed by atoms with E-state index in [1.54, 1.807) is 0 Å². The van der Waals surface area contributed by atoms with Crippen molar-refractivity contribution in [1.29, 1.82) is 0 Å². The van der Waals surface area contributed by atoms with Crippen LogP contribution in [-0.2, 0) is 9.59 Å². The quantitative estimate of drug-likeness (QED) is 0.375. The van der Waals surface area contributed by atoms with Crippen LogP contribution in [0.2, 0.25) is 0 Å². The molecule has 0 unspecified atom stereocenters. The van der Waals surface area contributed by atoms with Crippen LogP contribution in [0.4, 0.5) is 0 Å². The number of carbonyl (C=O) groups excluding carboxylic acids is 2. The number of allylic oxidation sites excluding steroid dienone is 2. The molecule has 0 saturated heterocycles. The molecule has 0 aromatic heterocycles. The number of hydrogen-bond acceptors (Lipinski definition) is 2. The summed E-state index contributed by atoms with van der Waals surface area (Å²) in [7, 11) is 0. The first kappa shape index (κ1) is 12.5. The molecule has 1 aliphatic carbocycles. The molecule has 13 heavy (non-hydrogen) atoms. The second kappa shape index (κ2) is 3.81. The number of halogens is 5. The summed E-state index contributed by atoms with van der Waals surface area (Å²) in [5, 5.41) is 0. The van der Waals surface area contributed by atoms with Crippen LogP contribution < -0.4 is 0 Å². The van der Waals surface area contributed by atoms with Crippen molar-refractivity contribution in [2.75, 3.05) is 0 Å². The molecule has 0 radical (unpaired) electrons. The molecule has 0 spiro atoms. The maximum Gasteiger partial charge on any atom is 0.204 e. The fourth-order valence-electron chi connectivity index (χ4n) is 0.753. The van der Waals surface area contributed by atoms with E-state index in [1.165, 1.54) is 6.08 Å². The van der Waals surface area contributed by atoms with Crippen LogP contribution >= 0.6 is 79.6 Å². The average molecular weight is 505 g/mol. The van der Waals surface area contributed by atoms with Crippen molar-refractivity contribution < 1.29 is 9.59 Å². The Bertz CT molecular complexity index is 317. The third-order valence-corrected chi connectivity index (χ3v) is 4.61. The minimum atomic E-state index is -1.36. The van der Waals surface area contributed by atoms with Gasteiger partial charge in [0.25, 0.3) is 0 Å². The van der Waals surface area contributed by atoms with Crippen molar-refractivity contribution in [3.05, 3.63) is 10.6 Å². The maximum absolute atomic E-state index is 11.7. The van der Waals surface area contributed by atoms with Crippen LogP contribution in [0.25, 0.3) is 0 Å². The van der Waals surface area contributed by atoms with Crippen molar-refractivity contribution in [1.82, 2.24) is 0 Å². The van der Waals surface area contributed by atoms with Gasteiger partial charge >= 0.3 is 0 Å². The van der Waals surface area contributed by atoms with E-state index in [-0.39, 0.29) is 11.6 Å². The molecule has 0 fully saturated rings. The highest BCUT2D eigenvalue weighted by molar-refractivity contribution is 9.27. The zero-order valence-corrected chi connectivity index (χ0v) is 13.7. The number of rotatable bonds is 0. The second-order valence-electron chi connectivity index (χ2n) is 2.35. The Hall–Kier alpha value is 1.48. The van der Waals surface area contributed by atoms with Gasteiger partial charge in [-0.25, -0.2) is 0 Å². The molecule has 0 bridgehead atoms. The van der Waals surface area contributed by atoms with Crippen LogP contribution in [0.15, 0.2) is 10.6 Å². The van der Waals surface area contributed by atoms with Gasteiger partial charge in [0.05, 0.1) is 4.48 Å². The molecule has 1 rings (SSSR count). The van der Waals surface area contributed by atoms with Crippen LogP contribution in [0.3, 0.4) is 0 Å². The fourth-order valence-corrected chi connectivity index (χ4v) is 5.71. The van der Waals surface area contributed by atoms with E-state index in [0.717, 1.165) is 0 Å². The summed E-state index contributed by atoms with van der Waals surface area (Å²) in [5.41, 5.74) is 0. The molecule has 0 aromatic carbocycles. The number of Topliss-reactive ketones (excluding diaryl/α,β-unsaturated/α-hetero) is 2. The van der Waals surface area contributed by atoms with E-state index in [0.29, 0.717) is 4.48 Å². The Labute approximate surface area is 117 Å². The average Bonchev–Trinajstić information content (AvgIpc) is 1.98. The monoisotopic (exact) mass is 500 g/mol. The van der Waals surface area contributed by atoms with Gasteiger partial charge in [-0.2, -0.15) is 0 Å². The number of hydrogen-bond donors (Lipinski definition) is 0. The topological polar surface area (TPSA) is 34.1 Å². The largest absolute Gasteiger partial charge is 0.294 e. The van der Waals surface area contributed by atoms with Crippen molar-refractivity contribution in [3.63, 3.8) is 0 Å². The Balaban J connectivity index is 3.32. The van der Waals surface area contributed by atoms with E-state index in [9.17, 15) is 9.59 Å². The van der Waals surface area contributed by atoms with Crippen LogP contribution in [0.5, 0.6) is 0 Å². The van der Waals surface area contributed by atoms with Crippen molar-refractivity contribution in [2.24, 2.45) is 0 Å². The van der Waals surface area contributed by atoms with Gasteiger partial charge in [0, 0.05) is 0 Å². The van der Waals surface area contributed by atoms with Gasteiger partial charge in [-0.1, -0.05) is 63.7 Å². The molecule has 0 amide bonds. The lowest BCUT2D eigenvalue weighted by molar-refractivity contribution is -0.125. The summed E-state index contributed by atoms with van der Waals surface area (Å²) in [4.78, 5) is 23.1. The zero-order chi connectivity index (χ0) is 10.4. The molecule has 0 aliphatic heterocycles. The molecule has 72 valence electrons. The van der Waals surface area contributed by atoms with E-state index in [2.05, 4.69) is 79.6 Å². The van der Waals surface area contributed by atoms with Gasteiger partial charge in [-0.3, -0.25) is 9.59 Å². The summed E-state index contributed by atoms with van der Waals surface area (Å²) >= 11 is 15.4. The van der Waals surface area contributed by atoms with Crippen molar-refractivity contribution >= 4 is 91.2 Å². The highest BCUT2D eigenvalue weighted by atomic mass is 79.9. The van der Waals surface area contributed by atoms with Gasteiger partial charge in [-0.05, 0) is 22.0 Å². The highest BCUT2D eigenvalue weighted by Gasteiger charge is 2.53. The minimum Gasteiger partial charge on any atom is -0.294 e. The molecule has 2 nitrogen and oxygen atoms in total. The lowest BCUT2D eigenvalue weighted by atomic mass is 10.0. The summed E-state index contributed by atoms with van der Waals surface area (Å²) < 4.78 is -2.05. The Morgan fingerprint density at radius 1 is 1.08 bits per heavy atom. The molecule has 7 heteroatoms. The van der Waals surface area contributed by atoms with Gasteiger partial charge in [0.15, 0.2) is 9.02 Å². The maximum atomic E-state index is 11.7. The highest BCUT2D eigenvalue weighted by Crippen LogP contribution is 2.47. The normalized spacial score (nSPS) is 25.8. The molecule has 0 heterocycles. The first-order valence-electron chi connectivity index (χ1n) is 2.93. The molecule has 0 saturated carbocycles. The van der Waals surface area contributed by atoms with E-state index in [1.807, 2.05) is 0 Å². The Morgan fingerprint density at radius 2 is 1.54 bits per heavy atom. The first-order valence-corrected chi connectivity index (χ1v) is 6.90. The zero-order valence-electron chi connectivity index (χ0n) is 5.78. The molecule has 0 N–H and O–H groups in total. The van der Waals surface area contributed by atoms with Gasteiger partial charge in [-0.15, -0.1) is 0 Å². The molecular weight excluding hydrogens is 504 g/mol. The van der Waals surface area contributed by atoms with Crippen LogP contribution in [0.1, 0.15) is 0 Å². The summed E-state index contributed by atoms with van der Waals surface area (Å²) in [6.45, 7) is 0. The molecule has 0 atom stereocenters. The number of carbonyl (C=O) groups is 2. The van der Waals surface area contributed by atoms with Crippen LogP contribution in [0, 0.1) is 0 Å². The summed E-state index contributed by atoms with van der Waals surface area (Å²) in [6.07, 6.45) is 1.46. The SMILES string of the molecule is O=C1C(Br)=CC(Br)(Br)C(=O)C1(Br)Br.